The molecule has 4 N–H and O–H groups in total. The van der Waals surface area contributed by atoms with Gasteiger partial charge in [-0.25, -0.2) is 4.18 Å². The fourth-order valence-electron chi connectivity index (χ4n) is 8.07. The predicted octanol–water partition coefficient (Wildman–Crippen LogP) is 12.9. The second-order valence-corrected chi connectivity index (χ2v) is 19.5. The number of carbonyl (C=O) groups is 1. The highest BCUT2D eigenvalue weighted by molar-refractivity contribution is 7.80. The summed E-state index contributed by atoms with van der Waals surface area (Å²) in [6.07, 6.45) is 49.7. The molecule has 6 atom stereocenters. The minimum absolute atomic E-state index is 0.0217. The Balaban J connectivity index is 2.34. The van der Waals surface area contributed by atoms with Gasteiger partial charge in [0.1, 0.15) is 30.5 Å². The quantitative estimate of drug-likeness (QED) is 0.0197. The van der Waals surface area contributed by atoms with Gasteiger partial charge in [-0.1, -0.05) is 197 Å². The third-order valence-electron chi connectivity index (χ3n) is 12.1. The second-order valence-electron chi connectivity index (χ2n) is 18.4. The van der Waals surface area contributed by atoms with Crippen molar-refractivity contribution < 1.29 is 56.2 Å². The molecule has 1 heterocycles. The van der Waals surface area contributed by atoms with E-state index in [4.69, 9.17) is 18.9 Å². The Hall–Kier alpha value is -2.20. The zero-order valence-corrected chi connectivity index (χ0v) is 43.5. The van der Waals surface area contributed by atoms with Crippen LogP contribution in [0.5, 0.6) is 0 Å². The molecule has 1 aliphatic heterocycles. The molecule has 0 radical (unpaired) electrons. The topological polar surface area (TPSA) is 178 Å². The Labute approximate surface area is 414 Å². The van der Waals surface area contributed by atoms with E-state index in [2.05, 4.69) is 78.8 Å². The van der Waals surface area contributed by atoms with Gasteiger partial charge in [0.15, 0.2) is 6.29 Å². The van der Waals surface area contributed by atoms with Crippen molar-refractivity contribution in [2.24, 2.45) is 0 Å². The van der Waals surface area contributed by atoms with Gasteiger partial charge >= 0.3 is 16.4 Å². The van der Waals surface area contributed by atoms with E-state index >= 15 is 0 Å². The number of hydrogen-bond donors (Lipinski definition) is 4. The third kappa shape index (κ3) is 38.5. The fraction of sp³-hybridized carbons (Fsp3) is 0.800. The van der Waals surface area contributed by atoms with Crippen LogP contribution in [0, 0.1) is 0 Å². The maximum atomic E-state index is 12.9. The molecular formula is C55H98O12S. The van der Waals surface area contributed by atoms with Gasteiger partial charge in [0, 0.05) is 13.0 Å². The minimum atomic E-state index is -5.07. The van der Waals surface area contributed by atoms with Crippen molar-refractivity contribution in [3.05, 3.63) is 60.8 Å². The van der Waals surface area contributed by atoms with E-state index in [0.717, 1.165) is 83.5 Å². The van der Waals surface area contributed by atoms with Crippen LogP contribution in [0.2, 0.25) is 0 Å². The van der Waals surface area contributed by atoms with Crippen molar-refractivity contribution >= 4 is 16.4 Å². The van der Waals surface area contributed by atoms with Crippen LogP contribution in [0.1, 0.15) is 219 Å². The normalized spacial score (nSPS) is 19.8. The van der Waals surface area contributed by atoms with Crippen molar-refractivity contribution in [2.75, 3.05) is 26.4 Å². The first-order valence-electron chi connectivity index (χ1n) is 27.0. The number of carbonyl (C=O) groups excluding carboxylic acids is 1. The molecule has 1 saturated heterocycles. The SMILES string of the molecule is CC/C=C\C/C=C\C/C=C\C/C=C\CCCCCCCOCC(COC1OC(CO)C(O)C(OS(=O)(=O)O)C1O)OC(=O)CCCCCCCCCCCCC/C=C\CCCCCCCCCC. The average molecular weight is 983 g/mol. The van der Waals surface area contributed by atoms with Crippen LogP contribution < -0.4 is 0 Å². The van der Waals surface area contributed by atoms with Gasteiger partial charge in [-0.2, -0.15) is 8.42 Å². The largest absolute Gasteiger partial charge is 0.457 e. The van der Waals surface area contributed by atoms with E-state index in [1.54, 1.807) is 0 Å². The molecule has 0 aromatic carbocycles. The number of aliphatic hydroxyl groups excluding tert-OH is 3. The lowest BCUT2D eigenvalue weighted by molar-refractivity contribution is -0.301. The fourth-order valence-corrected chi connectivity index (χ4v) is 8.58. The van der Waals surface area contributed by atoms with Crippen molar-refractivity contribution in [1.29, 1.82) is 0 Å². The number of unbranched alkanes of at least 4 members (excludes halogenated alkanes) is 24. The number of rotatable bonds is 47. The van der Waals surface area contributed by atoms with Gasteiger partial charge in [-0.15, -0.1) is 0 Å². The van der Waals surface area contributed by atoms with E-state index in [1.807, 2.05) is 0 Å². The number of esters is 1. The highest BCUT2D eigenvalue weighted by Gasteiger charge is 2.48. The van der Waals surface area contributed by atoms with Crippen LogP contribution >= 0.6 is 0 Å². The van der Waals surface area contributed by atoms with Crippen LogP contribution in [-0.4, -0.2) is 97.5 Å². The number of allylic oxidation sites excluding steroid dienone is 10. The minimum Gasteiger partial charge on any atom is -0.457 e. The van der Waals surface area contributed by atoms with Crippen molar-refractivity contribution in [2.45, 2.75) is 256 Å². The predicted molar refractivity (Wildman–Crippen MR) is 276 cm³/mol. The van der Waals surface area contributed by atoms with E-state index in [1.165, 1.54) is 109 Å². The van der Waals surface area contributed by atoms with Crippen LogP contribution in [0.25, 0.3) is 0 Å². The van der Waals surface area contributed by atoms with Crippen LogP contribution in [0.15, 0.2) is 60.8 Å². The summed E-state index contributed by atoms with van der Waals surface area (Å²) >= 11 is 0. The Morgan fingerprint density at radius 2 is 1.01 bits per heavy atom. The molecular weight excluding hydrogens is 885 g/mol. The lowest BCUT2D eigenvalue weighted by Gasteiger charge is -2.41. The molecule has 0 spiro atoms. The first-order chi connectivity index (χ1) is 33.1. The van der Waals surface area contributed by atoms with Crippen LogP contribution in [0.3, 0.4) is 0 Å². The van der Waals surface area contributed by atoms with Crippen LogP contribution in [0.4, 0.5) is 0 Å². The summed E-state index contributed by atoms with van der Waals surface area (Å²) in [6.45, 7) is 3.85. The molecule has 0 amide bonds. The summed E-state index contributed by atoms with van der Waals surface area (Å²) in [4.78, 5) is 12.9. The molecule has 12 nitrogen and oxygen atoms in total. The Morgan fingerprint density at radius 3 is 1.50 bits per heavy atom. The van der Waals surface area contributed by atoms with E-state index in [-0.39, 0.29) is 19.6 Å². The maximum absolute atomic E-state index is 12.9. The van der Waals surface area contributed by atoms with Gasteiger partial charge in [0.25, 0.3) is 0 Å². The second kappa shape index (κ2) is 45.9. The highest BCUT2D eigenvalue weighted by atomic mass is 32.3. The van der Waals surface area contributed by atoms with E-state index in [9.17, 15) is 33.1 Å². The summed E-state index contributed by atoms with van der Waals surface area (Å²) in [5, 5.41) is 30.8. The van der Waals surface area contributed by atoms with Crippen molar-refractivity contribution in [3.8, 4) is 0 Å². The first kappa shape index (κ1) is 63.8. The smallest absolute Gasteiger partial charge is 0.397 e. The van der Waals surface area contributed by atoms with Gasteiger partial charge in [-0.05, 0) is 77.0 Å². The molecule has 0 aromatic heterocycles. The monoisotopic (exact) mass is 983 g/mol. The number of ether oxygens (including phenoxy) is 4. The molecule has 1 rings (SSSR count). The molecule has 68 heavy (non-hydrogen) atoms. The van der Waals surface area contributed by atoms with Gasteiger partial charge in [-0.3, -0.25) is 9.35 Å². The van der Waals surface area contributed by atoms with E-state index in [0.29, 0.717) is 13.0 Å². The van der Waals surface area contributed by atoms with Gasteiger partial charge in [0.05, 0.1) is 19.8 Å². The molecule has 13 heteroatoms. The summed E-state index contributed by atoms with van der Waals surface area (Å²) in [5.41, 5.74) is 0. The zero-order valence-electron chi connectivity index (χ0n) is 42.7. The molecule has 0 aromatic rings. The van der Waals surface area contributed by atoms with Crippen molar-refractivity contribution in [3.63, 3.8) is 0 Å². The molecule has 6 unspecified atom stereocenters. The molecule has 396 valence electrons. The summed E-state index contributed by atoms with van der Waals surface area (Å²) < 4.78 is 59.3. The Kier molecular flexibility index (Phi) is 43.1. The van der Waals surface area contributed by atoms with E-state index < -0.39 is 59.8 Å². The molecule has 0 aliphatic carbocycles. The average Bonchev–Trinajstić information content (AvgIpc) is 3.31. The summed E-state index contributed by atoms with van der Waals surface area (Å²) in [5.74, 6) is -0.407. The molecule has 0 saturated carbocycles. The number of aliphatic hydroxyl groups is 3. The van der Waals surface area contributed by atoms with Crippen LogP contribution in [-0.2, 0) is 38.3 Å². The first-order valence-corrected chi connectivity index (χ1v) is 28.4. The van der Waals surface area contributed by atoms with Gasteiger partial charge < -0.3 is 34.3 Å². The summed E-state index contributed by atoms with van der Waals surface area (Å²) in [6, 6.07) is 0. The lowest BCUT2D eigenvalue weighted by atomic mass is 9.99. The Bertz CT molecular complexity index is 1410. The Morgan fingerprint density at radius 1 is 0.574 bits per heavy atom. The number of hydrogen-bond acceptors (Lipinski definition) is 11. The zero-order chi connectivity index (χ0) is 49.6. The molecule has 1 fully saturated rings. The summed E-state index contributed by atoms with van der Waals surface area (Å²) in [7, 11) is -5.07. The van der Waals surface area contributed by atoms with Gasteiger partial charge in [0.2, 0.25) is 0 Å². The highest BCUT2D eigenvalue weighted by Crippen LogP contribution is 2.26. The molecule has 0 bridgehead atoms. The molecule has 1 aliphatic rings. The standard InChI is InChI=1S/C55H98O12S/c1-3-5-7-9-11-13-15-17-19-21-23-24-25-26-27-28-30-32-34-36-38-40-42-44-51(57)65-49(48-64-55-53(59)54(67-68(60,61)62)52(58)50(46-56)66-55)47-63-45-43-41-39-37-35-33-31-29-22-20-18-16-14-12-10-8-6-4-2/h6,8,12,14,18,20-21,23,29,31,49-50,52-56,58-59H,3-5,7,9-11,13,15-17,19,22,24-28,30,32-48H2,1-2H3,(H,60,61,62)/b8-6-,14-12-,20-18-,23-21-,31-29-. The van der Waals surface area contributed by atoms with Crippen molar-refractivity contribution in [1.82, 2.24) is 0 Å². The lowest BCUT2D eigenvalue weighted by Crippen LogP contribution is -2.60. The maximum Gasteiger partial charge on any atom is 0.397 e. The third-order valence-corrected chi connectivity index (χ3v) is 12.6.